The van der Waals surface area contributed by atoms with E-state index in [1.165, 1.54) is 0 Å². The average Bonchev–Trinajstić information content (AvgIpc) is 3.40. The largest absolute Gasteiger partial charge is 0.348 e. The van der Waals surface area contributed by atoms with E-state index in [1.807, 2.05) is 4.68 Å². The normalized spacial score (nSPS) is 18.8. The van der Waals surface area contributed by atoms with Crippen molar-refractivity contribution in [3.8, 4) is 0 Å². The molecule has 1 fully saturated rings. The third-order valence-corrected chi connectivity index (χ3v) is 6.65. The van der Waals surface area contributed by atoms with Gasteiger partial charge in [-0.15, -0.1) is 5.10 Å². The highest BCUT2D eigenvalue weighted by Crippen LogP contribution is 2.32. The van der Waals surface area contributed by atoms with Gasteiger partial charge in [0.2, 0.25) is 16.0 Å². The fourth-order valence-electron chi connectivity index (χ4n) is 2.85. The Morgan fingerprint density at radius 3 is 2.75 bits per heavy atom. The second-order valence-corrected chi connectivity index (χ2v) is 8.28. The van der Waals surface area contributed by atoms with Crippen molar-refractivity contribution in [1.82, 2.24) is 29.3 Å². The van der Waals surface area contributed by atoms with Gasteiger partial charge in [-0.2, -0.15) is 4.31 Å². The molecule has 0 amide bonds. The van der Waals surface area contributed by atoms with Gasteiger partial charge in [-0.3, -0.25) is 0 Å². The first kappa shape index (κ1) is 15.5. The summed E-state index contributed by atoms with van der Waals surface area (Å²) in [6.45, 7) is 1.97. The van der Waals surface area contributed by atoms with Gasteiger partial charge in [0, 0.05) is 25.5 Å². The first-order valence-corrected chi connectivity index (χ1v) is 9.56. The highest BCUT2D eigenvalue weighted by atomic mass is 32.2. The third-order valence-electron chi connectivity index (χ3n) is 4.31. The average molecular weight is 349 g/mol. The molecule has 0 aromatic carbocycles. The van der Waals surface area contributed by atoms with Crippen LogP contribution < -0.4 is 5.32 Å². The summed E-state index contributed by atoms with van der Waals surface area (Å²) in [4.78, 5) is 8.22. The highest BCUT2D eigenvalue weighted by molar-refractivity contribution is 7.90. The van der Waals surface area contributed by atoms with Gasteiger partial charge in [0.25, 0.3) is 0 Å². The fraction of sp³-hybridized carbons (Fsp3) is 0.571. The van der Waals surface area contributed by atoms with Gasteiger partial charge in [-0.25, -0.2) is 23.1 Å². The molecule has 24 heavy (non-hydrogen) atoms. The Hall–Kier alpha value is -2.07. The van der Waals surface area contributed by atoms with E-state index in [9.17, 15) is 8.42 Å². The van der Waals surface area contributed by atoms with Crippen LogP contribution in [0.15, 0.2) is 18.5 Å². The summed E-state index contributed by atoms with van der Waals surface area (Å²) < 4.78 is 28.5. The van der Waals surface area contributed by atoms with Crippen molar-refractivity contribution in [3.63, 3.8) is 0 Å². The van der Waals surface area contributed by atoms with E-state index in [0.717, 1.165) is 30.7 Å². The van der Waals surface area contributed by atoms with Crippen LogP contribution >= 0.6 is 0 Å². The Kier molecular flexibility index (Phi) is 3.93. The number of nitrogens with zero attached hydrogens (tertiary/aromatic N) is 6. The third kappa shape index (κ3) is 2.98. The van der Waals surface area contributed by atoms with Gasteiger partial charge < -0.3 is 5.32 Å². The van der Waals surface area contributed by atoms with Crippen LogP contribution in [0.4, 0.5) is 5.95 Å². The van der Waals surface area contributed by atoms with Crippen molar-refractivity contribution < 1.29 is 8.42 Å². The molecule has 9 nitrogen and oxygen atoms in total. The van der Waals surface area contributed by atoms with E-state index in [0.29, 0.717) is 32.1 Å². The number of hydrogen-bond acceptors (Lipinski definition) is 7. The van der Waals surface area contributed by atoms with Crippen LogP contribution in [-0.4, -0.2) is 49.5 Å². The molecule has 10 heteroatoms. The second-order valence-electron chi connectivity index (χ2n) is 6.06. The Labute approximate surface area is 140 Å². The molecule has 0 spiro atoms. The predicted molar refractivity (Wildman–Crippen MR) is 86.3 cm³/mol. The molecule has 2 aliphatic rings. The molecular weight excluding hydrogens is 330 g/mol. The molecule has 1 saturated carbocycles. The summed E-state index contributed by atoms with van der Waals surface area (Å²) in [5.41, 5.74) is 1.58. The quantitative estimate of drug-likeness (QED) is 0.831. The molecule has 3 heterocycles. The highest BCUT2D eigenvalue weighted by Gasteiger charge is 2.41. The van der Waals surface area contributed by atoms with Crippen LogP contribution in [0.3, 0.4) is 0 Å². The number of sulfonamides is 1. The lowest BCUT2D eigenvalue weighted by molar-refractivity contribution is 0.407. The molecule has 0 saturated heterocycles. The minimum absolute atomic E-state index is 0.195. The lowest BCUT2D eigenvalue weighted by atomic mass is 10.3. The van der Waals surface area contributed by atoms with E-state index in [-0.39, 0.29) is 5.25 Å². The zero-order valence-electron chi connectivity index (χ0n) is 13.2. The monoisotopic (exact) mass is 349 g/mol. The molecule has 4 rings (SSSR count). The summed E-state index contributed by atoms with van der Waals surface area (Å²) >= 11 is 0. The van der Waals surface area contributed by atoms with Gasteiger partial charge in [0.05, 0.1) is 24.0 Å². The summed E-state index contributed by atoms with van der Waals surface area (Å²) in [7, 11) is -3.20. The topological polar surface area (TPSA) is 106 Å². The Morgan fingerprint density at radius 1 is 1.21 bits per heavy atom. The standard InChI is InChI=1S/C14H19N7O2S/c22-24(23,11-3-4-11)20-7-2-8-21-13(10-20)12(18-19-21)9-17-14-15-5-1-6-16-14/h1,5-6,11H,2-4,7-10H2,(H,15,16,17). The predicted octanol–water partition coefficient (Wildman–Crippen LogP) is 0.378. The van der Waals surface area contributed by atoms with Crippen LogP contribution in [0.5, 0.6) is 0 Å². The van der Waals surface area contributed by atoms with Gasteiger partial charge in [-0.1, -0.05) is 5.21 Å². The molecule has 0 atom stereocenters. The molecule has 0 bridgehead atoms. The van der Waals surface area contributed by atoms with E-state index in [2.05, 4.69) is 25.6 Å². The fourth-order valence-corrected chi connectivity index (χ4v) is 4.69. The number of anilines is 1. The molecule has 2 aromatic rings. The Balaban J connectivity index is 1.53. The number of rotatable bonds is 5. The first-order chi connectivity index (χ1) is 11.6. The number of aromatic nitrogens is 5. The van der Waals surface area contributed by atoms with Crippen molar-refractivity contribution in [1.29, 1.82) is 0 Å². The van der Waals surface area contributed by atoms with Crippen LogP contribution in [0.1, 0.15) is 30.7 Å². The van der Waals surface area contributed by atoms with E-state index < -0.39 is 10.0 Å². The van der Waals surface area contributed by atoms with Crippen LogP contribution in [-0.2, 0) is 29.7 Å². The summed E-state index contributed by atoms with van der Waals surface area (Å²) in [5.74, 6) is 0.510. The van der Waals surface area contributed by atoms with Crippen molar-refractivity contribution in [2.45, 2.75) is 44.1 Å². The number of aryl methyl sites for hydroxylation is 1. The lowest BCUT2D eigenvalue weighted by Gasteiger charge is -2.19. The molecule has 1 N–H and O–H groups in total. The minimum atomic E-state index is -3.20. The summed E-state index contributed by atoms with van der Waals surface area (Å²) in [5, 5.41) is 11.3. The molecule has 0 unspecified atom stereocenters. The number of hydrogen-bond donors (Lipinski definition) is 1. The number of fused-ring (bicyclic) bond motifs is 1. The van der Waals surface area contributed by atoms with Gasteiger partial charge in [0.15, 0.2) is 0 Å². The van der Waals surface area contributed by atoms with Gasteiger partial charge in [-0.05, 0) is 25.3 Å². The number of nitrogens with one attached hydrogen (secondary N) is 1. The molecular formula is C14H19N7O2S. The minimum Gasteiger partial charge on any atom is -0.348 e. The molecule has 0 radical (unpaired) electrons. The van der Waals surface area contributed by atoms with Crippen molar-refractivity contribution >= 4 is 16.0 Å². The second kappa shape index (κ2) is 6.10. The lowest BCUT2D eigenvalue weighted by Crippen LogP contribution is -2.33. The van der Waals surface area contributed by atoms with Crippen LogP contribution in [0.25, 0.3) is 0 Å². The summed E-state index contributed by atoms with van der Waals surface area (Å²) in [6.07, 6.45) is 5.61. The van der Waals surface area contributed by atoms with E-state index >= 15 is 0 Å². The van der Waals surface area contributed by atoms with Crippen molar-refractivity contribution in [3.05, 3.63) is 29.8 Å². The molecule has 2 aromatic heterocycles. The zero-order chi connectivity index (χ0) is 16.6. The van der Waals surface area contributed by atoms with Gasteiger partial charge in [0.1, 0.15) is 5.69 Å². The van der Waals surface area contributed by atoms with Crippen LogP contribution in [0.2, 0.25) is 0 Å². The van der Waals surface area contributed by atoms with Crippen molar-refractivity contribution in [2.24, 2.45) is 0 Å². The summed E-state index contributed by atoms with van der Waals surface area (Å²) in [6, 6.07) is 1.75. The van der Waals surface area contributed by atoms with Gasteiger partial charge >= 0.3 is 0 Å². The zero-order valence-corrected chi connectivity index (χ0v) is 14.0. The maximum absolute atomic E-state index is 12.6. The smallest absolute Gasteiger partial charge is 0.222 e. The maximum Gasteiger partial charge on any atom is 0.222 e. The van der Waals surface area contributed by atoms with E-state index in [1.54, 1.807) is 22.8 Å². The first-order valence-electron chi connectivity index (χ1n) is 8.05. The molecule has 1 aliphatic heterocycles. The van der Waals surface area contributed by atoms with Crippen molar-refractivity contribution in [2.75, 3.05) is 11.9 Å². The van der Waals surface area contributed by atoms with Crippen LogP contribution in [0, 0.1) is 0 Å². The SMILES string of the molecule is O=S(=O)(C1CC1)N1CCCn2nnc(CNc3ncccn3)c2C1. The molecule has 1 aliphatic carbocycles. The Bertz CT molecular complexity index is 817. The van der Waals surface area contributed by atoms with E-state index in [4.69, 9.17) is 0 Å². The Morgan fingerprint density at radius 2 is 2.00 bits per heavy atom. The maximum atomic E-state index is 12.6. The molecule has 128 valence electrons.